The van der Waals surface area contributed by atoms with Gasteiger partial charge in [0, 0.05) is 22.1 Å². The Balaban J connectivity index is 1.81. The largest absolute Gasteiger partial charge is 0.271 e. The maximum atomic E-state index is 10.9. The van der Waals surface area contributed by atoms with Crippen molar-refractivity contribution in [1.29, 1.82) is 0 Å². The molecule has 116 valence electrons. The summed E-state index contributed by atoms with van der Waals surface area (Å²) in [7, 11) is 0. The maximum absolute atomic E-state index is 10.9. The number of rotatable bonds is 4. The van der Waals surface area contributed by atoms with E-state index in [0.717, 1.165) is 6.42 Å². The summed E-state index contributed by atoms with van der Waals surface area (Å²) < 4.78 is 2.69. The topological polar surface area (TPSA) is 73.8 Å². The molecule has 0 radical (unpaired) electrons. The van der Waals surface area contributed by atoms with E-state index in [2.05, 4.69) is 45.0 Å². The molecule has 0 atom stereocenters. The number of hydrogen-bond donors (Lipinski definition) is 0. The molecule has 0 saturated carbocycles. The lowest BCUT2D eigenvalue weighted by Crippen LogP contribution is -2.12. The van der Waals surface area contributed by atoms with Gasteiger partial charge in [-0.05, 0) is 52.8 Å². The first-order chi connectivity index (χ1) is 11.0. The Labute approximate surface area is 150 Å². The van der Waals surface area contributed by atoms with Crippen LogP contribution in [-0.2, 0) is 6.42 Å². The van der Waals surface area contributed by atoms with Gasteiger partial charge in [0.1, 0.15) is 16.0 Å². The number of benzene rings is 2. The highest BCUT2D eigenvalue weighted by atomic mass is 127. The minimum atomic E-state index is -0.439. The summed E-state index contributed by atoms with van der Waals surface area (Å²) in [5, 5.41) is 18.9. The van der Waals surface area contributed by atoms with E-state index in [1.165, 1.54) is 25.9 Å². The van der Waals surface area contributed by atoms with Crippen molar-refractivity contribution in [2.45, 2.75) is 12.8 Å². The van der Waals surface area contributed by atoms with Crippen LogP contribution < -0.4 is 0 Å². The monoisotopic (exact) mass is 438 g/mol. The molecule has 0 aliphatic heterocycles. The minimum absolute atomic E-state index is 0.00137. The van der Waals surface area contributed by atoms with Gasteiger partial charge in [0.2, 0.25) is 0 Å². The average molecular weight is 438 g/mol. The van der Waals surface area contributed by atoms with E-state index in [1.807, 2.05) is 12.1 Å². The van der Waals surface area contributed by atoms with E-state index in [-0.39, 0.29) is 5.69 Å². The van der Waals surface area contributed by atoms with Crippen LogP contribution in [0.4, 0.5) is 5.69 Å². The van der Waals surface area contributed by atoms with Crippen LogP contribution in [0.1, 0.15) is 12.0 Å². The van der Waals surface area contributed by atoms with Crippen molar-refractivity contribution < 1.29 is 4.92 Å². The summed E-state index contributed by atoms with van der Waals surface area (Å²) in [6, 6.07) is 12.7. The Morgan fingerprint density at radius 2 is 2.00 bits per heavy atom. The molecule has 0 bridgehead atoms. The van der Waals surface area contributed by atoms with E-state index in [1.54, 1.807) is 6.07 Å². The molecule has 8 heteroatoms. The van der Waals surface area contributed by atoms with E-state index in [0.29, 0.717) is 22.4 Å². The quantitative estimate of drug-likeness (QED) is 0.269. The van der Waals surface area contributed by atoms with Gasteiger partial charge in [-0.1, -0.05) is 29.6 Å². The number of nitro groups is 1. The van der Waals surface area contributed by atoms with Gasteiger partial charge in [-0.15, -0.1) is 5.10 Å². The van der Waals surface area contributed by atoms with Crippen molar-refractivity contribution in [3.05, 3.63) is 61.7 Å². The van der Waals surface area contributed by atoms with Gasteiger partial charge in [-0.2, -0.15) is 0 Å². The van der Waals surface area contributed by atoms with Gasteiger partial charge in [-0.3, -0.25) is 10.1 Å². The summed E-state index contributed by atoms with van der Waals surface area (Å²) in [6.07, 6.45) is 1.41. The third-order valence-corrected chi connectivity index (χ3v) is 4.51. The van der Waals surface area contributed by atoms with Gasteiger partial charge in [0.05, 0.1) is 4.92 Å². The fourth-order valence-corrected chi connectivity index (χ4v) is 2.81. The number of non-ortho nitro benzene ring substituents is 1. The zero-order valence-corrected chi connectivity index (χ0v) is 14.8. The van der Waals surface area contributed by atoms with Crippen LogP contribution in [0.3, 0.4) is 0 Å². The summed E-state index contributed by atoms with van der Waals surface area (Å²) in [4.78, 5) is 11.1. The second-order valence-corrected chi connectivity index (χ2v) is 6.67. The lowest BCUT2D eigenvalue weighted by molar-refractivity contribution is -0.384. The van der Waals surface area contributed by atoms with Crippen molar-refractivity contribution in [2.24, 2.45) is 0 Å². The van der Waals surface area contributed by atoms with Gasteiger partial charge in [0.25, 0.3) is 5.69 Å². The predicted molar refractivity (Wildman–Crippen MR) is 99.7 cm³/mol. The molecule has 2 aromatic carbocycles. The summed E-state index contributed by atoms with van der Waals surface area (Å²) in [5.74, 6) is 0. The van der Waals surface area contributed by atoms with Crippen molar-refractivity contribution in [3.8, 4) is 0 Å². The van der Waals surface area contributed by atoms with E-state index in [4.69, 9.17) is 12.2 Å². The van der Waals surface area contributed by atoms with Crippen LogP contribution in [-0.4, -0.2) is 24.9 Å². The number of fused-ring (bicyclic) bond motifs is 1. The van der Waals surface area contributed by atoms with Crippen molar-refractivity contribution in [3.63, 3.8) is 0 Å². The molecule has 6 nitrogen and oxygen atoms in total. The fraction of sp³-hybridized carbons (Fsp3) is 0.133. The average Bonchev–Trinajstić information content (AvgIpc) is 2.97. The van der Waals surface area contributed by atoms with Crippen molar-refractivity contribution in [1.82, 2.24) is 15.0 Å². The van der Waals surface area contributed by atoms with Crippen LogP contribution in [0.2, 0.25) is 0 Å². The SMILES string of the molecule is O=[N+]([O-])c1ccc2nnn(C(=S)CCc3ccc(I)cc3)c2c1. The normalized spacial score (nSPS) is 10.8. The molecular weight excluding hydrogens is 427 g/mol. The molecule has 3 rings (SSSR count). The van der Waals surface area contributed by atoms with Gasteiger partial charge in [0.15, 0.2) is 0 Å². The number of hydrogen-bond acceptors (Lipinski definition) is 5. The first-order valence-corrected chi connectivity index (χ1v) is 8.31. The van der Waals surface area contributed by atoms with Crippen LogP contribution in [0, 0.1) is 13.7 Å². The molecule has 0 amide bonds. The molecule has 0 aliphatic carbocycles. The number of nitrogens with zero attached hydrogens (tertiary/aromatic N) is 4. The van der Waals surface area contributed by atoms with Crippen molar-refractivity contribution >= 4 is 56.5 Å². The van der Waals surface area contributed by atoms with E-state index >= 15 is 0 Å². The third-order valence-electron chi connectivity index (χ3n) is 3.42. The zero-order valence-electron chi connectivity index (χ0n) is 11.8. The fourth-order valence-electron chi connectivity index (χ4n) is 2.21. The Kier molecular flexibility index (Phi) is 4.62. The Morgan fingerprint density at radius 3 is 2.70 bits per heavy atom. The lowest BCUT2D eigenvalue weighted by Gasteiger charge is -2.05. The van der Waals surface area contributed by atoms with Gasteiger partial charge in [-0.25, -0.2) is 4.68 Å². The first-order valence-electron chi connectivity index (χ1n) is 6.82. The van der Waals surface area contributed by atoms with E-state index in [9.17, 15) is 10.1 Å². The highest BCUT2D eigenvalue weighted by molar-refractivity contribution is 14.1. The van der Waals surface area contributed by atoms with Crippen LogP contribution in [0.5, 0.6) is 0 Å². The molecular formula is C15H11IN4O2S. The predicted octanol–water partition coefficient (Wildman–Crippen LogP) is 3.75. The number of halogens is 1. The Bertz CT molecular complexity index is 892. The molecule has 0 saturated heterocycles. The molecule has 1 aromatic heterocycles. The second-order valence-electron chi connectivity index (χ2n) is 4.95. The molecule has 0 fully saturated rings. The molecule has 3 aromatic rings. The standard InChI is InChI=1S/C15H11IN4O2S/c16-11-4-1-10(2-5-11)3-8-15(23)19-14-9-12(20(21)22)6-7-13(14)17-18-19/h1-2,4-7,9H,3,8H2. The maximum Gasteiger partial charge on any atom is 0.271 e. The first kappa shape index (κ1) is 15.9. The molecule has 0 unspecified atom stereocenters. The lowest BCUT2D eigenvalue weighted by atomic mass is 10.1. The van der Waals surface area contributed by atoms with Gasteiger partial charge < -0.3 is 0 Å². The van der Waals surface area contributed by atoms with Crippen LogP contribution in [0.15, 0.2) is 42.5 Å². The molecule has 0 aliphatic rings. The van der Waals surface area contributed by atoms with Gasteiger partial charge >= 0.3 is 0 Å². The Morgan fingerprint density at radius 1 is 1.26 bits per heavy atom. The second kappa shape index (κ2) is 6.67. The number of aromatic nitrogens is 3. The number of aryl methyl sites for hydroxylation is 1. The summed E-state index contributed by atoms with van der Waals surface area (Å²) in [5.41, 5.74) is 2.34. The number of nitro benzene ring substituents is 1. The summed E-state index contributed by atoms with van der Waals surface area (Å²) in [6.45, 7) is 0. The highest BCUT2D eigenvalue weighted by Gasteiger charge is 2.13. The Hall–Kier alpha value is -1.94. The third kappa shape index (κ3) is 3.53. The van der Waals surface area contributed by atoms with Crippen LogP contribution >= 0.6 is 34.8 Å². The van der Waals surface area contributed by atoms with Crippen molar-refractivity contribution in [2.75, 3.05) is 0 Å². The molecule has 1 heterocycles. The molecule has 23 heavy (non-hydrogen) atoms. The zero-order chi connectivity index (χ0) is 16.4. The molecule has 0 spiro atoms. The summed E-state index contributed by atoms with van der Waals surface area (Å²) >= 11 is 7.69. The highest BCUT2D eigenvalue weighted by Crippen LogP contribution is 2.19. The van der Waals surface area contributed by atoms with Crippen LogP contribution in [0.25, 0.3) is 11.0 Å². The molecule has 0 N–H and O–H groups in total. The number of thiocarbonyl (C=S) groups is 1. The van der Waals surface area contributed by atoms with E-state index < -0.39 is 4.92 Å². The minimum Gasteiger partial charge on any atom is -0.258 e. The smallest absolute Gasteiger partial charge is 0.258 e.